The Morgan fingerprint density at radius 3 is 2.03 bits per heavy atom. The number of carbonyl (C=O) groups is 5. The fourth-order valence-corrected chi connectivity index (χ4v) is 2.70. The third-order valence-electron chi connectivity index (χ3n) is 4.86. The lowest BCUT2D eigenvalue weighted by Gasteiger charge is -2.27. The first-order valence-electron chi connectivity index (χ1n) is 10.5. The fourth-order valence-electron chi connectivity index (χ4n) is 2.70. The Morgan fingerprint density at radius 1 is 0.939 bits per heavy atom. The van der Waals surface area contributed by atoms with E-state index in [1.807, 2.05) is 0 Å². The van der Waals surface area contributed by atoms with Crippen LogP contribution in [0.2, 0.25) is 0 Å². The first-order valence-corrected chi connectivity index (χ1v) is 10.5. The molecule has 0 aromatic rings. The van der Waals surface area contributed by atoms with Crippen molar-refractivity contribution in [3.8, 4) is 0 Å². The zero-order chi connectivity index (χ0) is 25.7. The van der Waals surface area contributed by atoms with Crippen molar-refractivity contribution in [2.75, 3.05) is 6.54 Å². The number of hydrogen-bond donors (Lipinski definition) is 8. The number of aliphatic imine (C=N–C) groups is 1. The van der Waals surface area contributed by atoms with Crippen LogP contribution in [0.4, 0.5) is 0 Å². The van der Waals surface area contributed by atoms with Gasteiger partial charge in [0.1, 0.15) is 18.1 Å². The summed E-state index contributed by atoms with van der Waals surface area (Å²) >= 11 is 0. The highest BCUT2D eigenvalue weighted by molar-refractivity contribution is 5.94. The number of aliphatic carboxylic acids is 1. The number of carboxylic acid groups (broad SMARTS) is 1. The van der Waals surface area contributed by atoms with Gasteiger partial charge in [-0.15, -0.1) is 0 Å². The Bertz CT molecular complexity index is 740. The third kappa shape index (κ3) is 11.7. The molecule has 33 heavy (non-hydrogen) atoms. The monoisotopic (exact) mass is 472 g/mol. The number of nitrogens with one attached hydrogen (secondary N) is 3. The number of nitrogens with zero attached hydrogens (tertiary/aromatic N) is 1. The van der Waals surface area contributed by atoms with E-state index in [-0.39, 0.29) is 24.8 Å². The summed E-state index contributed by atoms with van der Waals surface area (Å²) in [4.78, 5) is 63.5. The summed E-state index contributed by atoms with van der Waals surface area (Å²) in [6.07, 6.45) is 0.496. The van der Waals surface area contributed by atoms with Crippen LogP contribution in [0, 0.1) is 5.92 Å². The van der Waals surface area contributed by atoms with Crippen LogP contribution in [0.5, 0.6) is 0 Å². The molecule has 0 rings (SSSR count). The average molecular weight is 473 g/mol. The van der Waals surface area contributed by atoms with E-state index in [1.54, 1.807) is 13.8 Å². The summed E-state index contributed by atoms with van der Waals surface area (Å²) < 4.78 is 0. The van der Waals surface area contributed by atoms with Gasteiger partial charge in [-0.2, -0.15) is 0 Å². The van der Waals surface area contributed by atoms with Gasteiger partial charge in [-0.1, -0.05) is 20.3 Å². The predicted octanol–water partition coefficient (Wildman–Crippen LogP) is -3.15. The molecule has 14 heteroatoms. The molecular weight excluding hydrogens is 436 g/mol. The molecule has 14 nitrogen and oxygen atoms in total. The number of guanidine groups is 1. The van der Waals surface area contributed by atoms with Gasteiger partial charge in [0.05, 0.1) is 12.5 Å². The molecule has 5 atom stereocenters. The fraction of sp³-hybridized carbons (Fsp3) is 0.684. The number of rotatable bonds is 15. The maximum atomic E-state index is 12.8. The van der Waals surface area contributed by atoms with Crippen molar-refractivity contribution in [1.29, 1.82) is 0 Å². The van der Waals surface area contributed by atoms with Crippen LogP contribution in [0.25, 0.3) is 0 Å². The van der Waals surface area contributed by atoms with Crippen molar-refractivity contribution in [2.45, 2.75) is 70.6 Å². The Kier molecular flexibility index (Phi) is 13.1. The van der Waals surface area contributed by atoms with Gasteiger partial charge in [0.15, 0.2) is 5.96 Å². The second-order valence-electron chi connectivity index (χ2n) is 7.73. The number of hydrogen-bond acceptors (Lipinski definition) is 7. The van der Waals surface area contributed by atoms with E-state index in [9.17, 15) is 29.1 Å². The molecule has 0 aliphatic carbocycles. The highest BCUT2D eigenvalue weighted by Crippen LogP contribution is 2.10. The van der Waals surface area contributed by atoms with Crippen LogP contribution in [-0.2, 0) is 24.0 Å². The number of primary amides is 1. The van der Waals surface area contributed by atoms with Crippen LogP contribution in [0.3, 0.4) is 0 Å². The summed E-state index contributed by atoms with van der Waals surface area (Å²) in [6, 6.07) is -4.56. The summed E-state index contributed by atoms with van der Waals surface area (Å²) in [5, 5.41) is 16.7. The third-order valence-corrected chi connectivity index (χ3v) is 4.86. The second-order valence-corrected chi connectivity index (χ2v) is 7.73. The maximum absolute atomic E-state index is 12.8. The van der Waals surface area contributed by atoms with Crippen molar-refractivity contribution in [2.24, 2.45) is 33.8 Å². The van der Waals surface area contributed by atoms with Gasteiger partial charge in [-0.3, -0.25) is 24.2 Å². The van der Waals surface area contributed by atoms with E-state index in [1.165, 1.54) is 6.92 Å². The van der Waals surface area contributed by atoms with E-state index in [4.69, 9.17) is 22.9 Å². The Hall–Kier alpha value is -3.42. The van der Waals surface area contributed by atoms with Crippen molar-refractivity contribution in [3.63, 3.8) is 0 Å². The maximum Gasteiger partial charge on any atom is 0.326 e. The molecular formula is C19H36N8O6. The lowest BCUT2D eigenvalue weighted by Crippen LogP contribution is -2.58. The first kappa shape index (κ1) is 29.6. The van der Waals surface area contributed by atoms with Gasteiger partial charge in [-0.05, 0) is 25.7 Å². The average Bonchev–Trinajstić information content (AvgIpc) is 2.72. The Balaban J connectivity index is 5.15. The first-order chi connectivity index (χ1) is 15.3. The molecule has 5 unspecified atom stereocenters. The molecule has 0 saturated heterocycles. The zero-order valence-electron chi connectivity index (χ0n) is 19.2. The second kappa shape index (κ2) is 14.6. The van der Waals surface area contributed by atoms with Crippen molar-refractivity contribution >= 4 is 35.6 Å². The van der Waals surface area contributed by atoms with E-state index >= 15 is 0 Å². The highest BCUT2D eigenvalue weighted by atomic mass is 16.4. The molecule has 0 saturated carbocycles. The van der Waals surface area contributed by atoms with Gasteiger partial charge in [0.25, 0.3) is 0 Å². The van der Waals surface area contributed by atoms with Crippen LogP contribution >= 0.6 is 0 Å². The van der Waals surface area contributed by atoms with Gasteiger partial charge < -0.3 is 44.0 Å². The van der Waals surface area contributed by atoms with E-state index in [0.717, 1.165) is 0 Å². The van der Waals surface area contributed by atoms with Crippen LogP contribution in [0.15, 0.2) is 4.99 Å². The smallest absolute Gasteiger partial charge is 0.326 e. The molecule has 0 bridgehead atoms. The lowest BCUT2D eigenvalue weighted by molar-refractivity contribution is -0.142. The Labute approximate surface area is 192 Å². The van der Waals surface area contributed by atoms with Crippen LogP contribution in [-0.4, -0.2) is 71.4 Å². The van der Waals surface area contributed by atoms with E-state index < -0.39 is 60.2 Å². The van der Waals surface area contributed by atoms with Gasteiger partial charge in [0, 0.05) is 6.54 Å². The number of amides is 4. The van der Waals surface area contributed by atoms with Gasteiger partial charge >= 0.3 is 5.97 Å². The van der Waals surface area contributed by atoms with Crippen molar-refractivity contribution in [3.05, 3.63) is 0 Å². The molecule has 0 radical (unpaired) electrons. The van der Waals surface area contributed by atoms with E-state index in [0.29, 0.717) is 12.8 Å². The molecule has 0 heterocycles. The minimum absolute atomic E-state index is 0.0727. The normalized spacial score (nSPS) is 15.2. The number of carbonyl (C=O) groups excluding carboxylic acids is 4. The molecule has 0 fully saturated rings. The molecule has 0 aromatic heterocycles. The van der Waals surface area contributed by atoms with Crippen molar-refractivity contribution < 1.29 is 29.1 Å². The topological polar surface area (TPSA) is 258 Å². The molecule has 0 aliphatic heterocycles. The van der Waals surface area contributed by atoms with Crippen LogP contribution in [0.1, 0.15) is 46.5 Å². The Morgan fingerprint density at radius 2 is 1.55 bits per heavy atom. The number of carboxylic acids is 1. The predicted molar refractivity (Wildman–Crippen MR) is 120 cm³/mol. The molecule has 0 aromatic carbocycles. The van der Waals surface area contributed by atoms with E-state index in [2.05, 4.69) is 20.9 Å². The van der Waals surface area contributed by atoms with Crippen LogP contribution < -0.4 is 38.9 Å². The minimum Gasteiger partial charge on any atom is -0.480 e. The summed E-state index contributed by atoms with van der Waals surface area (Å²) in [5.74, 6) is -4.61. The minimum atomic E-state index is -1.24. The van der Waals surface area contributed by atoms with Gasteiger partial charge in [0.2, 0.25) is 23.6 Å². The molecule has 12 N–H and O–H groups in total. The SMILES string of the molecule is CCC(C)C(NC(=O)C(C)NC(=O)C(N)CC(N)=O)C(=O)NC(CCCN=C(N)N)C(=O)O. The highest BCUT2D eigenvalue weighted by Gasteiger charge is 2.31. The largest absolute Gasteiger partial charge is 0.480 e. The summed E-state index contributed by atoms with van der Waals surface area (Å²) in [5.41, 5.74) is 21.0. The lowest BCUT2D eigenvalue weighted by atomic mass is 9.97. The standard InChI is InChI=1S/C19H36N8O6/c1-4-9(2)14(17(31)26-12(18(32)33)6-5-7-24-19(22)23)27-15(29)10(3)25-16(30)11(20)8-13(21)28/h9-12,14H,4-8,20H2,1-3H3,(H2,21,28)(H,25,30)(H,26,31)(H,27,29)(H,32,33)(H4,22,23,24). The number of nitrogens with two attached hydrogens (primary N) is 4. The summed E-state index contributed by atoms with van der Waals surface area (Å²) in [7, 11) is 0. The molecule has 188 valence electrons. The summed E-state index contributed by atoms with van der Waals surface area (Å²) in [6.45, 7) is 5.09. The molecule has 0 spiro atoms. The molecule has 4 amide bonds. The van der Waals surface area contributed by atoms with Gasteiger partial charge in [-0.25, -0.2) is 4.79 Å². The molecule has 0 aliphatic rings. The van der Waals surface area contributed by atoms with Crippen molar-refractivity contribution in [1.82, 2.24) is 16.0 Å². The quantitative estimate of drug-likeness (QED) is 0.0678. The zero-order valence-corrected chi connectivity index (χ0v) is 19.2.